The maximum Gasteiger partial charge on any atom is 0.0674 e. The summed E-state index contributed by atoms with van der Waals surface area (Å²) in [6, 6.07) is 17.4. The van der Waals surface area contributed by atoms with Crippen LogP contribution in [0.4, 0.5) is 0 Å². The Morgan fingerprint density at radius 1 is 1.00 bits per heavy atom. The standard InChI is InChI=1S/C16H14BrNS/c1-18-16(15-7-4-10-19-15)13-8-9-14(17)12-6-3-2-5-11(12)13/h2-10,16,18H,1H3. The second-order valence-electron chi connectivity index (χ2n) is 4.42. The van der Waals surface area contributed by atoms with Crippen LogP contribution in [0.25, 0.3) is 10.8 Å². The van der Waals surface area contributed by atoms with Crippen LogP contribution in [-0.2, 0) is 0 Å². The molecule has 0 aliphatic carbocycles. The molecule has 0 aliphatic heterocycles. The molecule has 1 nitrogen and oxygen atoms in total. The molecule has 3 heteroatoms. The zero-order chi connectivity index (χ0) is 13.2. The van der Waals surface area contributed by atoms with Gasteiger partial charge in [-0.15, -0.1) is 11.3 Å². The zero-order valence-corrected chi connectivity index (χ0v) is 13.0. The lowest BCUT2D eigenvalue weighted by atomic mass is 9.98. The third-order valence-electron chi connectivity index (χ3n) is 3.33. The van der Waals surface area contributed by atoms with Crippen LogP contribution in [0.5, 0.6) is 0 Å². The number of halogens is 1. The van der Waals surface area contributed by atoms with Gasteiger partial charge in [-0.1, -0.05) is 52.3 Å². The predicted molar refractivity (Wildman–Crippen MR) is 86.9 cm³/mol. The zero-order valence-electron chi connectivity index (χ0n) is 10.6. The molecule has 0 amide bonds. The molecule has 1 unspecified atom stereocenters. The minimum Gasteiger partial charge on any atom is -0.309 e. The summed E-state index contributed by atoms with van der Waals surface area (Å²) in [6.07, 6.45) is 0. The highest BCUT2D eigenvalue weighted by molar-refractivity contribution is 9.10. The van der Waals surface area contributed by atoms with Crippen LogP contribution in [0.3, 0.4) is 0 Å². The Kier molecular flexibility index (Phi) is 3.69. The number of fused-ring (bicyclic) bond motifs is 1. The molecular formula is C16H14BrNS. The summed E-state index contributed by atoms with van der Waals surface area (Å²) in [7, 11) is 2.02. The van der Waals surface area contributed by atoms with Crippen molar-refractivity contribution in [3.8, 4) is 0 Å². The molecule has 0 aliphatic rings. The van der Waals surface area contributed by atoms with Crippen molar-refractivity contribution in [3.05, 3.63) is 68.8 Å². The first kappa shape index (κ1) is 12.9. The first-order chi connectivity index (χ1) is 9.31. The lowest BCUT2D eigenvalue weighted by Gasteiger charge is -2.18. The summed E-state index contributed by atoms with van der Waals surface area (Å²) >= 11 is 5.42. The first-order valence-corrected chi connectivity index (χ1v) is 7.86. The Morgan fingerprint density at radius 2 is 1.79 bits per heavy atom. The summed E-state index contributed by atoms with van der Waals surface area (Å²) in [4.78, 5) is 1.34. The molecule has 1 atom stereocenters. The van der Waals surface area contributed by atoms with Crippen LogP contribution in [0.2, 0.25) is 0 Å². The topological polar surface area (TPSA) is 12.0 Å². The fraction of sp³-hybridized carbons (Fsp3) is 0.125. The fourth-order valence-corrected chi connectivity index (χ4v) is 3.77. The quantitative estimate of drug-likeness (QED) is 0.714. The molecule has 96 valence electrons. The van der Waals surface area contributed by atoms with E-state index in [0.29, 0.717) is 0 Å². The first-order valence-electron chi connectivity index (χ1n) is 6.19. The summed E-state index contributed by atoms with van der Waals surface area (Å²) in [5.41, 5.74) is 1.32. The monoisotopic (exact) mass is 331 g/mol. The van der Waals surface area contributed by atoms with Gasteiger partial charge in [0.05, 0.1) is 6.04 Å². The number of nitrogens with one attached hydrogen (secondary N) is 1. The molecule has 0 radical (unpaired) electrons. The maximum absolute atomic E-state index is 3.63. The van der Waals surface area contributed by atoms with Gasteiger partial charge in [-0.05, 0) is 40.9 Å². The van der Waals surface area contributed by atoms with Crippen molar-refractivity contribution in [2.24, 2.45) is 0 Å². The maximum atomic E-state index is 3.63. The van der Waals surface area contributed by atoms with Crippen molar-refractivity contribution in [2.45, 2.75) is 6.04 Å². The van der Waals surface area contributed by atoms with E-state index in [1.54, 1.807) is 11.3 Å². The second kappa shape index (κ2) is 5.45. The van der Waals surface area contributed by atoms with Crippen molar-refractivity contribution >= 4 is 38.0 Å². The minimum atomic E-state index is 0.248. The highest BCUT2D eigenvalue weighted by Gasteiger charge is 2.16. The van der Waals surface area contributed by atoms with E-state index in [-0.39, 0.29) is 6.04 Å². The summed E-state index contributed by atoms with van der Waals surface area (Å²) in [5.74, 6) is 0. The normalized spacial score (nSPS) is 12.7. The van der Waals surface area contributed by atoms with E-state index in [1.807, 2.05) is 7.05 Å². The summed E-state index contributed by atoms with van der Waals surface area (Å²) in [5, 5.41) is 8.11. The summed E-state index contributed by atoms with van der Waals surface area (Å²) < 4.78 is 1.15. The van der Waals surface area contributed by atoms with E-state index in [2.05, 4.69) is 75.2 Å². The molecule has 1 N–H and O–H groups in total. The number of hydrogen-bond donors (Lipinski definition) is 1. The molecule has 0 spiro atoms. The average molecular weight is 332 g/mol. The van der Waals surface area contributed by atoms with Crippen molar-refractivity contribution in [3.63, 3.8) is 0 Å². The second-order valence-corrected chi connectivity index (χ2v) is 6.25. The molecule has 3 rings (SSSR count). The van der Waals surface area contributed by atoms with E-state index in [0.717, 1.165) is 4.47 Å². The third kappa shape index (κ3) is 2.34. The average Bonchev–Trinajstić information content (AvgIpc) is 2.96. The van der Waals surface area contributed by atoms with Crippen LogP contribution in [-0.4, -0.2) is 7.05 Å². The van der Waals surface area contributed by atoms with Gasteiger partial charge in [-0.2, -0.15) is 0 Å². The predicted octanol–water partition coefficient (Wildman–Crippen LogP) is 4.97. The molecule has 0 bridgehead atoms. The Balaban J connectivity index is 2.22. The van der Waals surface area contributed by atoms with Crippen LogP contribution < -0.4 is 5.32 Å². The Hall–Kier alpha value is -1.16. The molecule has 3 aromatic rings. The lowest BCUT2D eigenvalue weighted by molar-refractivity contribution is 0.709. The van der Waals surface area contributed by atoms with Gasteiger partial charge in [0, 0.05) is 9.35 Å². The lowest BCUT2D eigenvalue weighted by Crippen LogP contribution is -2.16. The molecule has 1 aromatic heterocycles. The number of rotatable bonds is 3. The van der Waals surface area contributed by atoms with Crippen molar-refractivity contribution in [2.75, 3.05) is 7.05 Å². The van der Waals surface area contributed by atoms with Gasteiger partial charge in [-0.3, -0.25) is 0 Å². The van der Waals surface area contributed by atoms with Crippen molar-refractivity contribution in [1.29, 1.82) is 0 Å². The smallest absolute Gasteiger partial charge is 0.0674 e. The van der Waals surface area contributed by atoms with E-state index in [1.165, 1.54) is 21.2 Å². The van der Waals surface area contributed by atoms with Crippen LogP contribution in [0.1, 0.15) is 16.5 Å². The number of benzene rings is 2. The Morgan fingerprint density at radius 3 is 2.47 bits per heavy atom. The highest BCUT2D eigenvalue weighted by Crippen LogP contribution is 2.34. The van der Waals surface area contributed by atoms with E-state index in [4.69, 9.17) is 0 Å². The SMILES string of the molecule is CNC(c1cccs1)c1ccc(Br)c2ccccc12. The minimum absolute atomic E-state index is 0.248. The van der Waals surface area contributed by atoms with Gasteiger partial charge >= 0.3 is 0 Å². The van der Waals surface area contributed by atoms with Crippen molar-refractivity contribution < 1.29 is 0 Å². The fourth-order valence-electron chi connectivity index (χ4n) is 2.44. The molecule has 0 fully saturated rings. The Bertz CT molecular complexity index is 691. The van der Waals surface area contributed by atoms with E-state index in [9.17, 15) is 0 Å². The van der Waals surface area contributed by atoms with Crippen LogP contribution in [0.15, 0.2) is 58.4 Å². The third-order valence-corrected chi connectivity index (χ3v) is 4.96. The van der Waals surface area contributed by atoms with Gasteiger partial charge in [0.2, 0.25) is 0 Å². The number of hydrogen-bond acceptors (Lipinski definition) is 2. The van der Waals surface area contributed by atoms with Gasteiger partial charge in [0.15, 0.2) is 0 Å². The molecule has 1 heterocycles. The molecule has 0 saturated carbocycles. The van der Waals surface area contributed by atoms with E-state index >= 15 is 0 Å². The van der Waals surface area contributed by atoms with Gasteiger partial charge < -0.3 is 5.32 Å². The molecular weight excluding hydrogens is 318 g/mol. The molecule has 19 heavy (non-hydrogen) atoms. The Labute approximate surface area is 125 Å². The summed E-state index contributed by atoms with van der Waals surface area (Å²) in [6.45, 7) is 0. The van der Waals surface area contributed by atoms with Crippen LogP contribution in [0, 0.1) is 0 Å². The van der Waals surface area contributed by atoms with Gasteiger partial charge in [-0.25, -0.2) is 0 Å². The van der Waals surface area contributed by atoms with Gasteiger partial charge in [0.25, 0.3) is 0 Å². The largest absolute Gasteiger partial charge is 0.309 e. The highest BCUT2D eigenvalue weighted by atomic mass is 79.9. The van der Waals surface area contributed by atoms with Crippen molar-refractivity contribution in [1.82, 2.24) is 5.32 Å². The van der Waals surface area contributed by atoms with E-state index < -0.39 is 0 Å². The van der Waals surface area contributed by atoms with Crippen LogP contribution >= 0.6 is 27.3 Å². The number of thiophene rings is 1. The van der Waals surface area contributed by atoms with Gasteiger partial charge in [0.1, 0.15) is 0 Å². The molecule has 2 aromatic carbocycles. The molecule has 0 saturated heterocycles.